The summed E-state index contributed by atoms with van der Waals surface area (Å²) in [4.78, 5) is 12.4. The molecule has 0 aliphatic carbocycles. The van der Waals surface area contributed by atoms with Gasteiger partial charge in [0.2, 0.25) is 0 Å². The van der Waals surface area contributed by atoms with E-state index in [0.29, 0.717) is 11.3 Å². The quantitative estimate of drug-likeness (QED) is 0.613. The lowest BCUT2D eigenvalue weighted by Crippen LogP contribution is -2.22. The second kappa shape index (κ2) is 5.46. The summed E-state index contributed by atoms with van der Waals surface area (Å²) in [6.45, 7) is 5.16. The number of aliphatic hydroxyl groups excluding tert-OH is 1. The second-order valence-electron chi connectivity index (χ2n) is 3.41. The van der Waals surface area contributed by atoms with Crippen molar-refractivity contribution in [1.82, 2.24) is 0 Å². The van der Waals surface area contributed by atoms with Crippen molar-refractivity contribution >= 4 is 11.4 Å². The first-order valence-corrected chi connectivity index (χ1v) is 5.27. The first-order chi connectivity index (χ1) is 7.63. The smallest absolute Gasteiger partial charge is 0.292 e. The molecule has 0 fully saturated rings. The molecular formula is C11H16N2O3. The van der Waals surface area contributed by atoms with E-state index in [4.69, 9.17) is 5.11 Å². The summed E-state index contributed by atoms with van der Waals surface area (Å²) in [5.74, 6) is 0. The van der Waals surface area contributed by atoms with Crippen LogP contribution in [0.4, 0.5) is 11.4 Å². The van der Waals surface area contributed by atoms with Crippen molar-refractivity contribution in [2.24, 2.45) is 0 Å². The SMILES string of the molecule is CCN(CC)c1ccc(CO)cc1[N+](=O)[O-]. The highest BCUT2D eigenvalue weighted by atomic mass is 16.6. The van der Waals surface area contributed by atoms with Crippen molar-refractivity contribution in [3.63, 3.8) is 0 Å². The minimum Gasteiger partial charge on any atom is -0.392 e. The molecule has 88 valence electrons. The summed E-state index contributed by atoms with van der Waals surface area (Å²) >= 11 is 0. The molecule has 5 nitrogen and oxygen atoms in total. The Morgan fingerprint density at radius 3 is 2.44 bits per heavy atom. The molecule has 16 heavy (non-hydrogen) atoms. The molecule has 0 saturated carbocycles. The number of anilines is 1. The Morgan fingerprint density at radius 2 is 2.00 bits per heavy atom. The fraction of sp³-hybridized carbons (Fsp3) is 0.455. The van der Waals surface area contributed by atoms with E-state index in [1.165, 1.54) is 6.07 Å². The van der Waals surface area contributed by atoms with Crippen LogP contribution in [0.25, 0.3) is 0 Å². The first kappa shape index (κ1) is 12.4. The maximum atomic E-state index is 10.9. The number of nitro groups is 1. The van der Waals surface area contributed by atoms with Gasteiger partial charge in [-0.1, -0.05) is 6.07 Å². The molecule has 1 rings (SSSR count). The van der Waals surface area contributed by atoms with E-state index in [2.05, 4.69) is 0 Å². The monoisotopic (exact) mass is 224 g/mol. The van der Waals surface area contributed by atoms with Crippen LogP contribution in [0.1, 0.15) is 19.4 Å². The molecule has 1 N–H and O–H groups in total. The molecule has 1 aromatic carbocycles. The zero-order chi connectivity index (χ0) is 12.1. The summed E-state index contributed by atoms with van der Waals surface area (Å²) in [7, 11) is 0. The van der Waals surface area contributed by atoms with Crippen molar-refractivity contribution in [1.29, 1.82) is 0 Å². The molecule has 0 aliphatic heterocycles. The summed E-state index contributed by atoms with van der Waals surface area (Å²) in [6.07, 6.45) is 0. The molecule has 0 bridgehead atoms. The lowest BCUT2D eigenvalue weighted by molar-refractivity contribution is -0.384. The number of benzene rings is 1. The van der Waals surface area contributed by atoms with Gasteiger partial charge in [0, 0.05) is 19.2 Å². The van der Waals surface area contributed by atoms with Crippen LogP contribution in [-0.4, -0.2) is 23.1 Å². The fourth-order valence-corrected chi connectivity index (χ4v) is 1.65. The average molecular weight is 224 g/mol. The number of rotatable bonds is 5. The van der Waals surface area contributed by atoms with Crippen molar-refractivity contribution < 1.29 is 10.0 Å². The molecule has 0 spiro atoms. The van der Waals surface area contributed by atoms with Crippen LogP contribution >= 0.6 is 0 Å². The van der Waals surface area contributed by atoms with Crippen LogP contribution in [0.5, 0.6) is 0 Å². The molecule has 0 saturated heterocycles. The van der Waals surface area contributed by atoms with E-state index in [9.17, 15) is 10.1 Å². The van der Waals surface area contributed by atoms with Crippen molar-refractivity contribution in [3.8, 4) is 0 Å². The zero-order valence-electron chi connectivity index (χ0n) is 9.51. The Bertz CT molecular complexity index is 375. The normalized spacial score (nSPS) is 10.2. The highest BCUT2D eigenvalue weighted by molar-refractivity contribution is 5.64. The summed E-state index contributed by atoms with van der Waals surface area (Å²) in [6, 6.07) is 4.82. The average Bonchev–Trinajstić information content (AvgIpc) is 2.30. The third-order valence-corrected chi connectivity index (χ3v) is 2.52. The van der Waals surface area contributed by atoms with Crippen molar-refractivity contribution in [2.45, 2.75) is 20.5 Å². The van der Waals surface area contributed by atoms with Crippen LogP contribution in [0.15, 0.2) is 18.2 Å². The van der Waals surface area contributed by atoms with Crippen LogP contribution in [0, 0.1) is 10.1 Å². The van der Waals surface area contributed by atoms with Crippen molar-refractivity contribution in [3.05, 3.63) is 33.9 Å². The molecule has 0 unspecified atom stereocenters. The Kier molecular flexibility index (Phi) is 4.25. The highest BCUT2D eigenvalue weighted by Gasteiger charge is 2.17. The molecular weight excluding hydrogens is 208 g/mol. The van der Waals surface area contributed by atoms with Gasteiger partial charge in [-0.2, -0.15) is 0 Å². The van der Waals surface area contributed by atoms with Gasteiger partial charge in [-0.25, -0.2) is 0 Å². The molecule has 0 heterocycles. The lowest BCUT2D eigenvalue weighted by Gasteiger charge is -2.20. The lowest BCUT2D eigenvalue weighted by atomic mass is 10.1. The molecule has 0 amide bonds. The Hall–Kier alpha value is -1.62. The first-order valence-electron chi connectivity index (χ1n) is 5.27. The van der Waals surface area contributed by atoms with Gasteiger partial charge >= 0.3 is 0 Å². The Balaban J connectivity index is 3.21. The largest absolute Gasteiger partial charge is 0.392 e. The summed E-state index contributed by atoms with van der Waals surface area (Å²) in [5.41, 5.74) is 1.21. The van der Waals surface area contributed by atoms with Crippen molar-refractivity contribution in [2.75, 3.05) is 18.0 Å². The van der Waals surface area contributed by atoms with E-state index < -0.39 is 4.92 Å². The molecule has 1 aromatic rings. The van der Waals surface area contributed by atoms with Gasteiger partial charge in [0.1, 0.15) is 5.69 Å². The van der Waals surface area contributed by atoms with E-state index >= 15 is 0 Å². The van der Waals surface area contributed by atoms with E-state index in [-0.39, 0.29) is 12.3 Å². The van der Waals surface area contributed by atoms with Crippen LogP contribution in [0.2, 0.25) is 0 Å². The topological polar surface area (TPSA) is 66.6 Å². The molecule has 5 heteroatoms. The van der Waals surface area contributed by atoms with Crippen LogP contribution in [0.3, 0.4) is 0 Å². The maximum absolute atomic E-state index is 10.9. The third kappa shape index (κ3) is 2.49. The predicted molar refractivity (Wildman–Crippen MR) is 62.6 cm³/mol. The van der Waals surface area contributed by atoms with E-state index in [1.807, 2.05) is 18.7 Å². The number of aliphatic hydroxyl groups is 1. The Morgan fingerprint density at radius 1 is 1.38 bits per heavy atom. The third-order valence-electron chi connectivity index (χ3n) is 2.52. The molecule has 0 aliphatic rings. The van der Waals surface area contributed by atoms with E-state index in [1.54, 1.807) is 12.1 Å². The summed E-state index contributed by atoms with van der Waals surface area (Å²) < 4.78 is 0. The number of hydrogen-bond acceptors (Lipinski definition) is 4. The van der Waals surface area contributed by atoms with Gasteiger partial charge < -0.3 is 10.0 Å². The van der Waals surface area contributed by atoms with Crippen LogP contribution < -0.4 is 4.90 Å². The molecule has 0 aromatic heterocycles. The minimum absolute atomic E-state index is 0.0512. The second-order valence-corrected chi connectivity index (χ2v) is 3.41. The fourth-order valence-electron chi connectivity index (χ4n) is 1.65. The van der Waals surface area contributed by atoms with E-state index in [0.717, 1.165) is 13.1 Å². The van der Waals surface area contributed by atoms with Gasteiger partial charge in [-0.3, -0.25) is 10.1 Å². The number of nitro benzene ring substituents is 1. The number of nitrogens with zero attached hydrogens (tertiary/aromatic N) is 2. The minimum atomic E-state index is -0.410. The van der Waals surface area contributed by atoms with Gasteiger partial charge in [0.25, 0.3) is 5.69 Å². The van der Waals surface area contributed by atoms with Gasteiger partial charge in [-0.15, -0.1) is 0 Å². The number of hydrogen-bond donors (Lipinski definition) is 1. The molecule has 0 atom stereocenters. The standard InChI is InChI=1S/C11H16N2O3/c1-3-12(4-2)10-6-5-9(8-14)7-11(10)13(15)16/h5-7,14H,3-4,8H2,1-2H3. The van der Waals surface area contributed by atoms with Gasteiger partial charge in [-0.05, 0) is 25.5 Å². The summed E-state index contributed by atoms with van der Waals surface area (Å²) in [5, 5.41) is 19.9. The van der Waals surface area contributed by atoms with Crippen LogP contribution in [-0.2, 0) is 6.61 Å². The van der Waals surface area contributed by atoms with Gasteiger partial charge in [0.05, 0.1) is 11.5 Å². The predicted octanol–water partition coefficient (Wildman–Crippen LogP) is 1.93. The van der Waals surface area contributed by atoms with Gasteiger partial charge in [0.15, 0.2) is 0 Å². The zero-order valence-corrected chi connectivity index (χ0v) is 9.51. The molecule has 0 radical (unpaired) electrons. The Labute approximate surface area is 94.5 Å². The maximum Gasteiger partial charge on any atom is 0.292 e. The highest BCUT2D eigenvalue weighted by Crippen LogP contribution is 2.29.